The molecular formula is C17H26N2S. The van der Waals surface area contributed by atoms with Gasteiger partial charge in [-0.2, -0.15) is 11.8 Å². The molecule has 3 heteroatoms. The van der Waals surface area contributed by atoms with Crippen molar-refractivity contribution in [3.63, 3.8) is 0 Å². The molecule has 0 saturated heterocycles. The normalized spacial score (nSPS) is 21.9. The number of benzene rings is 1. The SMILES string of the molecule is NNC(CSC1CCCC1)c1ccc(C2CCC2)cc1. The van der Waals surface area contributed by atoms with Gasteiger partial charge in [-0.05, 0) is 42.7 Å². The number of thioether (sulfide) groups is 1. The van der Waals surface area contributed by atoms with Crippen molar-refractivity contribution in [1.29, 1.82) is 0 Å². The molecule has 0 radical (unpaired) electrons. The van der Waals surface area contributed by atoms with Crippen LogP contribution in [-0.4, -0.2) is 11.0 Å². The largest absolute Gasteiger partial charge is 0.271 e. The Balaban J connectivity index is 1.56. The summed E-state index contributed by atoms with van der Waals surface area (Å²) in [5.41, 5.74) is 5.85. The van der Waals surface area contributed by atoms with Crippen molar-refractivity contribution in [2.45, 2.75) is 62.2 Å². The molecule has 0 bridgehead atoms. The molecule has 2 aliphatic carbocycles. The van der Waals surface area contributed by atoms with E-state index in [9.17, 15) is 0 Å². The number of nitrogens with one attached hydrogen (secondary N) is 1. The molecule has 3 rings (SSSR count). The lowest BCUT2D eigenvalue weighted by Gasteiger charge is -2.26. The lowest BCUT2D eigenvalue weighted by molar-refractivity contribution is 0.419. The Bertz CT molecular complexity index is 408. The van der Waals surface area contributed by atoms with E-state index in [1.807, 2.05) is 0 Å². The predicted molar refractivity (Wildman–Crippen MR) is 87.8 cm³/mol. The average Bonchev–Trinajstić information content (AvgIpc) is 2.92. The van der Waals surface area contributed by atoms with Crippen molar-refractivity contribution in [1.82, 2.24) is 5.43 Å². The summed E-state index contributed by atoms with van der Waals surface area (Å²) < 4.78 is 0. The standard InChI is InChI=1S/C17H26N2S/c18-19-17(12-20-16-6-1-2-7-16)15-10-8-14(9-11-15)13-4-3-5-13/h8-11,13,16-17,19H,1-7,12,18H2. The Morgan fingerprint density at radius 1 is 1.05 bits per heavy atom. The van der Waals surface area contributed by atoms with Crippen molar-refractivity contribution >= 4 is 11.8 Å². The van der Waals surface area contributed by atoms with Gasteiger partial charge in [-0.15, -0.1) is 0 Å². The summed E-state index contributed by atoms with van der Waals surface area (Å²) in [6.07, 6.45) is 9.75. The van der Waals surface area contributed by atoms with Gasteiger partial charge >= 0.3 is 0 Å². The van der Waals surface area contributed by atoms with E-state index in [2.05, 4.69) is 41.5 Å². The van der Waals surface area contributed by atoms with Gasteiger partial charge < -0.3 is 0 Å². The van der Waals surface area contributed by atoms with Gasteiger partial charge in [0.25, 0.3) is 0 Å². The second-order valence-corrected chi connectivity index (χ2v) is 7.59. The fourth-order valence-corrected chi connectivity index (χ4v) is 4.69. The highest BCUT2D eigenvalue weighted by atomic mass is 32.2. The van der Waals surface area contributed by atoms with Gasteiger partial charge in [0.05, 0.1) is 6.04 Å². The molecule has 2 fully saturated rings. The van der Waals surface area contributed by atoms with E-state index in [0.29, 0.717) is 0 Å². The first kappa shape index (κ1) is 14.4. The highest BCUT2D eigenvalue weighted by Crippen LogP contribution is 2.37. The molecular weight excluding hydrogens is 264 g/mol. The Morgan fingerprint density at radius 3 is 2.30 bits per heavy atom. The Morgan fingerprint density at radius 2 is 1.75 bits per heavy atom. The van der Waals surface area contributed by atoms with Crippen molar-refractivity contribution in [2.75, 3.05) is 5.75 Å². The van der Waals surface area contributed by atoms with Crippen LogP contribution in [0.25, 0.3) is 0 Å². The summed E-state index contributed by atoms with van der Waals surface area (Å²) in [7, 11) is 0. The van der Waals surface area contributed by atoms with E-state index in [1.54, 1.807) is 0 Å². The minimum Gasteiger partial charge on any atom is -0.271 e. The smallest absolute Gasteiger partial charge is 0.0550 e. The summed E-state index contributed by atoms with van der Waals surface area (Å²) in [5.74, 6) is 7.67. The van der Waals surface area contributed by atoms with Crippen LogP contribution >= 0.6 is 11.8 Å². The van der Waals surface area contributed by atoms with Gasteiger partial charge in [0.15, 0.2) is 0 Å². The average molecular weight is 290 g/mol. The molecule has 3 N–H and O–H groups in total. The zero-order valence-corrected chi connectivity index (χ0v) is 13.0. The third-order valence-electron chi connectivity index (χ3n) is 4.92. The quantitative estimate of drug-likeness (QED) is 0.611. The van der Waals surface area contributed by atoms with Crippen molar-refractivity contribution in [3.8, 4) is 0 Å². The molecule has 2 aliphatic rings. The molecule has 0 aromatic heterocycles. The van der Waals surface area contributed by atoms with E-state index < -0.39 is 0 Å². The molecule has 0 heterocycles. The van der Waals surface area contributed by atoms with Gasteiger partial charge in [0.1, 0.15) is 0 Å². The monoisotopic (exact) mass is 290 g/mol. The number of nitrogens with two attached hydrogens (primary N) is 1. The number of hydrogen-bond acceptors (Lipinski definition) is 3. The zero-order chi connectivity index (χ0) is 13.8. The molecule has 2 saturated carbocycles. The van der Waals surface area contributed by atoms with Crippen LogP contribution in [0.2, 0.25) is 0 Å². The van der Waals surface area contributed by atoms with E-state index in [1.165, 1.54) is 56.1 Å². The molecule has 1 aromatic rings. The van der Waals surface area contributed by atoms with Crippen LogP contribution in [-0.2, 0) is 0 Å². The molecule has 2 nitrogen and oxygen atoms in total. The van der Waals surface area contributed by atoms with E-state index in [0.717, 1.165) is 16.9 Å². The third kappa shape index (κ3) is 3.38. The first-order valence-corrected chi connectivity index (χ1v) is 9.09. The number of rotatable bonds is 6. The maximum Gasteiger partial charge on any atom is 0.0550 e. The third-order valence-corrected chi connectivity index (χ3v) is 6.39. The lowest BCUT2D eigenvalue weighted by atomic mass is 9.80. The Kier molecular flexibility index (Phi) is 5.03. The Labute approximate surface area is 126 Å². The molecule has 110 valence electrons. The van der Waals surface area contributed by atoms with Gasteiger partial charge in [0.2, 0.25) is 0 Å². The maximum absolute atomic E-state index is 5.76. The molecule has 0 amide bonds. The molecule has 0 aliphatic heterocycles. The summed E-state index contributed by atoms with van der Waals surface area (Å²) in [4.78, 5) is 0. The van der Waals surface area contributed by atoms with Crippen LogP contribution in [0.15, 0.2) is 24.3 Å². The molecule has 1 unspecified atom stereocenters. The fraction of sp³-hybridized carbons (Fsp3) is 0.647. The van der Waals surface area contributed by atoms with Crippen LogP contribution in [0.3, 0.4) is 0 Å². The van der Waals surface area contributed by atoms with Crippen molar-refractivity contribution in [2.24, 2.45) is 5.84 Å². The first-order valence-electron chi connectivity index (χ1n) is 8.04. The van der Waals surface area contributed by atoms with Gasteiger partial charge in [-0.3, -0.25) is 11.3 Å². The Hall–Kier alpha value is -0.510. The van der Waals surface area contributed by atoms with Crippen molar-refractivity contribution < 1.29 is 0 Å². The van der Waals surface area contributed by atoms with Crippen LogP contribution < -0.4 is 11.3 Å². The second-order valence-electron chi connectivity index (χ2n) is 6.25. The highest BCUT2D eigenvalue weighted by molar-refractivity contribution is 7.99. The number of hydrogen-bond donors (Lipinski definition) is 2. The van der Waals surface area contributed by atoms with E-state index >= 15 is 0 Å². The fourth-order valence-electron chi connectivity index (χ4n) is 3.27. The minimum absolute atomic E-state index is 0.288. The van der Waals surface area contributed by atoms with Gasteiger partial charge in [-0.25, -0.2) is 0 Å². The van der Waals surface area contributed by atoms with Gasteiger partial charge in [0, 0.05) is 11.0 Å². The van der Waals surface area contributed by atoms with Crippen LogP contribution in [0, 0.1) is 0 Å². The highest BCUT2D eigenvalue weighted by Gasteiger charge is 2.21. The van der Waals surface area contributed by atoms with Crippen LogP contribution in [0.1, 0.15) is 68.0 Å². The number of hydrazine groups is 1. The van der Waals surface area contributed by atoms with Gasteiger partial charge in [-0.1, -0.05) is 43.5 Å². The topological polar surface area (TPSA) is 38.0 Å². The lowest BCUT2D eigenvalue weighted by Crippen LogP contribution is -2.30. The molecule has 20 heavy (non-hydrogen) atoms. The first-order chi connectivity index (χ1) is 9.86. The minimum atomic E-state index is 0.288. The summed E-state index contributed by atoms with van der Waals surface area (Å²) in [6.45, 7) is 0. The molecule has 1 atom stereocenters. The second kappa shape index (κ2) is 6.97. The molecule has 0 spiro atoms. The van der Waals surface area contributed by atoms with E-state index in [4.69, 9.17) is 5.84 Å². The summed E-state index contributed by atoms with van der Waals surface area (Å²) >= 11 is 2.10. The van der Waals surface area contributed by atoms with Crippen LogP contribution in [0.5, 0.6) is 0 Å². The van der Waals surface area contributed by atoms with Crippen LogP contribution in [0.4, 0.5) is 0 Å². The predicted octanol–water partition coefficient (Wildman–Crippen LogP) is 4.13. The zero-order valence-electron chi connectivity index (χ0n) is 12.2. The summed E-state index contributed by atoms with van der Waals surface area (Å²) in [5, 5.41) is 0.861. The molecule has 1 aromatic carbocycles. The summed E-state index contributed by atoms with van der Waals surface area (Å²) in [6, 6.07) is 9.45. The van der Waals surface area contributed by atoms with E-state index in [-0.39, 0.29) is 6.04 Å². The van der Waals surface area contributed by atoms with Crippen molar-refractivity contribution in [3.05, 3.63) is 35.4 Å². The maximum atomic E-state index is 5.76.